The molecule has 2 aliphatic heterocycles. The van der Waals surface area contributed by atoms with Gasteiger partial charge in [0.05, 0.1) is 13.2 Å². The summed E-state index contributed by atoms with van der Waals surface area (Å²) in [4.78, 5) is 29.0. The topological polar surface area (TPSA) is 78.5 Å². The summed E-state index contributed by atoms with van der Waals surface area (Å²) < 4.78 is 5.32. The number of likely N-dealkylation sites (tertiary alicyclic amines) is 1. The van der Waals surface area contributed by atoms with Gasteiger partial charge in [0.15, 0.2) is 0 Å². The lowest BCUT2D eigenvalue weighted by atomic mass is 9.62. The van der Waals surface area contributed by atoms with Crippen molar-refractivity contribution in [1.29, 1.82) is 0 Å². The number of aromatic nitrogens is 2. The predicted octanol–water partition coefficient (Wildman–Crippen LogP) is 1.29. The zero-order valence-corrected chi connectivity index (χ0v) is 14.6. The van der Waals surface area contributed by atoms with Crippen LogP contribution in [0.1, 0.15) is 42.6 Å². The number of nitrogens with one attached hydrogen (secondary N) is 1. The monoisotopic (exact) mass is 346 g/mol. The van der Waals surface area contributed by atoms with Crippen LogP contribution in [0.3, 0.4) is 0 Å². The van der Waals surface area contributed by atoms with E-state index in [-0.39, 0.29) is 17.2 Å². The second kappa shape index (κ2) is 6.78. The number of carbonyl (C=O) groups is 2. The van der Waals surface area contributed by atoms with Gasteiger partial charge in [-0.05, 0) is 36.7 Å². The van der Waals surface area contributed by atoms with Crippen molar-refractivity contribution in [3.8, 4) is 0 Å². The van der Waals surface area contributed by atoms with E-state index in [9.17, 15) is 9.59 Å². The van der Waals surface area contributed by atoms with Crippen LogP contribution in [-0.2, 0) is 9.53 Å². The maximum Gasteiger partial charge on any atom is 0.271 e. The number of hydrogen-bond acceptors (Lipinski definition) is 4. The van der Waals surface area contributed by atoms with Crippen molar-refractivity contribution in [3.05, 3.63) is 18.0 Å². The fraction of sp³-hybridized carbons (Fsp3) is 0.722. The van der Waals surface area contributed by atoms with Gasteiger partial charge in [-0.2, -0.15) is 5.10 Å². The largest absolute Gasteiger partial charge is 0.378 e. The SMILES string of the molecule is O=C(CCC1CN(C(=O)c2ccn[nH]2)CC12CCC2)N1CCOCC1. The second-order valence-corrected chi connectivity index (χ2v) is 7.60. The van der Waals surface area contributed by atoms with Crippen molar-refractivity contribution < 1.29 is 14.3 Å². The molecule has 3 aliphatic rings. The van der Waals surface area contributed by atoms with E-state index in [4.69, 9.17) is 4.74 Å². The minimum atomic E-state index is 0.0331. The van der Waals surface area contributed by atoms with Crippen LogP contribution in [0.15, 0.2) is 12.3 Å². The molecular formula is C18H26N4O3. The number of rotatable bonds is 4. The molecular weight excluding hydrogens is 320 g/mol. The van der Waals surface area contributed by atoms with E-state index >= 15 is 0 Å². The standard InChI is InChI=1S/C18H26N4O3/c23-16(21-8-10-25-11-9-21)3-2-14-12-22(13-18(14)5-1-6-18)17(24)15-4-7-19-20-15/h4,7,14H,1-3,5-6,8-13H2,(H,19,20). The molecule has 1 N–H and O–H groups in total. The van der Waals surface area contributed by atoms with Crippen LogP contribution in [0.4, 0.5) is 0 Å². The highest BCUT2D eigenvalue weighted by molar-refractivity contribution is 5.92. The van der Waals surface area contributed by atoms with Gasteiger partial charge in [0.1, 0.15) is 5.69 Å². The lowest BCUT2D eigenvalue weighted by Gasteiger charge is -2.43. The van der Waals surface area contributed by atoms with Gasteiger partial charge in [-0.3, -0.25) is 14.7 Å². The normalized spacial score (nSPS) is 25.2. The summed E-state index contributed by atoms with van der Waals surface area (Å²) in [6.45, 7) is 4.28. The zero-order valence-electron chi connectivity index (χ0n) is 14.6. The van der Waals surface area contributed by atoms with E-state index in [0.717, 1.165) is 19.5 Å². The van der Waals surface area contributed by atoms with E-state index in [1.54, 1.807) is 12.3 Å². The van der Waals surface area contributed by atoms with Crippen LogP contribution < -0.4 is 0 Å². The number of morpholine rings is 1. The third-order valence-electron chi connectivity index (χ3n) is 6.25. The molecule has 1 aromatic rings. The second-order valence-electron chi connectivity index (χ2n) is 7.60. The minimum absolute atomic E-state index is 0.0331. The maximum atomic E-state index is 12.6. The Balaban J connectivity index is 1.37. The fourth-order valence-corrected chi connectivity index (χ4v) is 4.60. The molecule has 3 heterocycles. The Morgan fingerprint density at radius 2 is 2.08 bits per heavy atom. The first-order chi connectivity index (χ1) is 12.2. The van der Waals surface area contributed by atoms with Gasteiger partial charge < -0.3 is 14.5 Å². The summed E-state index contributed by atoms with van der Waals surface area (Å²) >= 11 is 0. The van der Waals surface area contributed by atoms with Crippen LogP contribution >= 0.6 is 0 Å². The summed E-state index contributed by atoms with van der Waals surface area (Å²) in [6, 6.07) is 1.73. The quantitative estimate of drug-likeness (QED) is 0.891. The van der Waals surface area contributed by atoms with Crippen LogP contribution in [0.2, 0.25) is 0 Å². The van der Waals surface area contributed by atoms with Crippen molar-refractivity contribution in [2.75, 3.05) is 39.4 Å². The van der Waals surface area contributed by atoms with Crippen molar-refractivity contribution >= 4 is 11.8 Å². The number of aromatic amines is 1. The number of carbonyl (C=O) groups excluding carboxylic acids is 2. The van der Waals surface area contributed by atoms with Crippen LogP contribution in [0, 0.1) is 11.3 Å². The third-order valence-corrected chi connectivity index (χ3v) is 6.25. The molecule has 3 fully saturated rings. The molecule has 0 aromatic carbocycles. The first-order valence-electron chi connectivity index (χ1n) is 9.32. The van der Waals surface area contributed by atoms with E-state index in [1.807, 2.05) is 9.80 Å². The third kappa shape index (κ3) is 3.17. The number of ether oxygens (including phenoxy) is 1. The molecule has 1 unspecified atom stereocenters. The molecule has 2 amide bonds. The van der Waals surface area contributed by atoms with Crippen molar-refractivity contribution in [2.24, 2.45) is 11.3 Å². The molecule has 25 heavy (non-hydrogen) atoms. The van der Waals surface area contributed by atoms with Gasteiger partial charge in [0, 0.05) is 38.8 Å². The lowest BCUT2D eigenvalue weighted by Crippen LogP contribution is -2.42. The highest BCUT2D eigenvalue weighted by Gasteiger charge is 2.51. The van der Waals surface area contributed by atoms with E-state index < -0.39 is 0 Å². The summed E-state index contributed by atoms with van der Waals surface area (Å²) in [5, 5.41) is 6.65. The van der Waals surface area contributed by atoms with Gasteiger partial charge in [-0.1, -0.05) is 6.42 Å². The Morgan fingerprint density at radius 1 is 1.28 bits per heavy atom. The zero-order chi connectivity index (χ0) is 17.3. The van der Waals surface area contributed by atoms with E-state index in [2.05, 4.69) is 10.2 Å². The molecule has 1 aromatic heterocycles. The van der Waals surface area contributed by atoms with E-state index in [1.165, 1.54) is 19.3 Å². The molecule has 7 nitrogen and oxygen atoms in total. The number of H-pyrrole nitrogens is 1. The Kier molecular flexibility index (Phi) is 4.50. The lowest BCUT2D eigenvalue weighted by molar-refractivity contribution is -0.135. The molecule has 4 rings (SSSR count). The maximum absolute atomic E-state index is 12.6. The van der Waals surface area contributed by atoms with Crippen LogP contribution in [0.25, 0.3) is 0 Å². The summed E-state index contributed by atoms with van der Waals surface area (Å²) in [5.41, 5.74) is 0.792. The van der Waals surface area contributed by atoms with E-state index in [0.29, 0.717) is 44.3 Å². The molecule has 1 aliphatic carbocycles. The highest BCUT2D eigenvalue weighted by Crippen LogP contribution is 2.53. The van der Waals surface area contributed by atoms with Crippen molar-refractivity contribution in [3.63, 3.8) is 0 Å². The average molecular weight is 346 g/mol. The summed E-state index contributed by atoms with van der Waals surface area (Å²) in [6.07, 6.45) is 6.66. The molecule has 136 valence electrons. The van der Waals surface area contributed by atoms with Gasteiger partial charge in [-0.15, -0.1) is 0 Å². The molecule has 1 atom stereocenters. The van der Waals surface area contributed by atoms with Crippen LogP contribution in [0.5, 0.6) is 0 Å². The first kappa shape index (κ1) is 16.6. The van der Waals surface area contributed by atoms with Crippen molar-refractivity contribution in [1.82, 2.24) is 20.0 Å². The summed E-state index contributed by atoms with van der Waals surface area (Å²) in [5.74, 6) is 0.694. The highest BCUT2D eigenvalue weighted by atomic mass is 16.5. The average Bonchev–Trinajstić information content (AvgIpc) is 3.27. The molecule has 1 spiro atoms. The first-order valence-corrected chi connectivity index (χ1v) is 9.32. The van der Waals surface area contributed by atoms with Gasteiger partial charge >= 0.3 is 0 Å². The smallest absolute Gasteiger partial charge is 0.271 e. The van der Waals surface area contributed by atoms with Crippen molar-refractivity contribution in [2.45, 2.75) is 32.1 Å². The number of nitrogens with zero attached hydrogens (tertiary/aromatic N) is 3. The van der Waals surface area contributed by atoms with Gasteiger partial charge in [0.2, 0.25) is 5.91 Å². The molecule has 2 saturated heterocycles. The molecule has 0 radical (unpaired) electrons. The minimum Gasteiger partial charge on any atom is -0.378 e. The fourth-order valence-electron chi connectivity index (χ4n) is 4.60. The number of amides is 2. The summed E-state index contributed by atoms with van der Waals surface area (Å²) in [7, 11) is 0. The number of hydrogen-bond donors (Lipinski definition) is 1. The Bertz CT molecular complexity index is 620. The molecule has 7 heteroatoms. The predicted molar refractivity (Wildman–Crippen MR) is 90.9 cm³/mol. The Morgan fingerprint density at radius 3 is 2.72 bits per heavy atom. The van der Waals surface area contributed by atoms with Gasteiger partial charge in [-0.25, -0.2) is 0 Å². The Labute approximate surface area is 147 Å². The van der Waals surface area contributed by atoms with Gasteiger partial charge in [0.25, 0.3) is 5.91 Å². The Hall–Kier alpha value is -1.89. The molecule has 1 saturated carbocycles. The van der Waals surface area contributed by atoms with Crippen LogP contribution in [-0.4, -0.2) is 71.2 Å². The molecule has 0 bridgehead atoms.